The zero-order valence-corrected chi connectivity index (χ0v) is 10.0. The second-order valence-corrected chi connectivity index (χ2v) is 4.17. The number of amides is 2. The van der Waals surface area contributed by atoms with Gasteiger partial charge >= 0.3 is 0 Å². The molecule has 2 rings (SSSR count). The molecule has 0 fully saturated rings. The van der Waals surface area contributed by atoms with Crippen LogP contribution < -0.4 is 0 Å². The fourth-order valence-electron chi connectivity index (χ4n) is 1.93. The number of carbonyl (C=O) groups excluding carboxylic acids is 2. The fourth-order valence-corrected chi connectivity index (χ4v) is 1.93. The maximum atomic E-state index is 11.3. The number of aromatic nitrogens is 2. The Morgan fingerprint density at radius 1 is 1.12 bits per heavy atom. The first-order chi connectivity index (χ1) is 8.08. The highest BCUT2D eigenvalue weighted by molar-refractivity contribution is 6.12. The van der Waals surface area contributed by atoms with E-state index in [0.29, 0.717) is 6.54 Å². The first-order valence-corrected chi connectivity index (χ1v) is 5.62. The van der Waals surface area contributed by atoms with Gasteiger partial charge in [-0.2, -0.15) is 5.10 Å². The van der Waals surface area contributed by atoms with Crippen LogP contribution in [0.3, 0.4) is 0 Å². The highest BCUT2D eigenvalue weighted by Gasteiger charge is 2.22. The molecule has 1 aliphatic rings. The van der Waals surface area contributed by atoms with Crippen LogP contribution in [0.15, 0.2) is 18.2 Å². The van der Waals surface area contributed by atoms with Crippen molar-refractivity contribution in [2.45, 2.75) is 26.8 Å². The van der Waals surface area contributed by atoms with E-state index in [1.807, 2.05) is 24.6 Å². The van der Waals surface area contributed by atoms with Crippen molar-refractivity contribution in [2.75, 3.05) is 6.54 Å². The van der Waals surface area contributed by atoms with Gasteiger partial charge in [-0.1, -0.05) is 0 Å². The molecule has 0 saturated carbocycles. The molecule has 0 bridgehead atoms. The lowest BCUT2D eigenvalue weighted by Crippen LogP contribution is -2.31. The van der Waals surface area contributed by atoms with E-state index >= 15 is 0 Å². The van der Waals surface area contributed by atoms with Crippen LogP contribution in [0.1, 0.15) is 17.8 Å². The van der Waals surface area contributed by atoms with Gasteiger partial charge in [-0.05, 0) is 26.3 Å². The second kappa shape index (κ2) is 4.53. The van der Waals surface area contributed by atoms with Crippen LogP contribution in [0.2, 0.25) is 0 Å². The van der Waals surface area contributed by atoms with Crippen molar-refractivity contribution in [2.24, 2.45) is 0 Å². The Balaban J connectivity index is 1.86. The average Bonchev–Trinajstić information content (AvgIpc) is 2.74. The quantitative estimate of drug-likeness (QED) is 0.723. The van der Waals surface area contributed by atoms with Gasteiger partial charge in [-0.3, -0.25) is 19.2 Å². The van der Waals surface area contributed by atoms with Crippen LogP contribution in [0.5, 0.6) is 0 Å². The highest BCUT2D eigenvalue weighted by atomic mass is 16.2. The van der Waals surface area contributed by atoms with E-state index in [-0.39, 0.29) is 11.8 Å². The maximum absolute atomic E-state index is 11.3. The maximum Gasteiger partial charge on any atom is 0.253 e. The summed E-state index contributed by atoms with van der Waals surface area (Å²) in [5.74, 6) is -0.438. The average molecular weight is 233 g/mol. The third-order valence-corrected chi connectivity index (χ3v) is 2.76. The van der Waals surface area contributed by atoms with Crippen LogP contribution in [-0.2, 0) is 16.1 Å². The van der Waals surface area contributed by atoms with E-state index in [1.165, 1.54) is 17.1 Å². The molecule has 17 heavy (non-hydrogen) atoms. The summed E-state index contributed by atoms with van der Waals surface area (Å²) < 4.78 is 1.90. The molecule has 0 saturated heterocycles. The Morgan fingerprint density at radius 3 is 2.29 bits per heavy atom. The summed E-state index contributed by atoms with van der Waals surface area (Å²) in [5, 5.41) is 4.33. The third-order valence-electron chi connectivity index (χ3n) is 2.76. The van der Waals surface area contributed by atoms with Gasteiger partial charge in [-0.15, -0.1) is 0 Å². The molecule has 0 aromatic carbocycles. The minimum Gasteiger partial charge on any atom is -0.275 e. The summed E-state index contributed by atoms with van der Waals surface area (Å²) in [6.45, 7) is 5.11. The largest absolute Gasteiger partial charge is 0.275 e. The van der Waals surface area contributed by atoms with E-state index < -0.39 is 0 Å². The standard InChI is InChI=1S/C12H15N3O2/c1-9-8-10(2)15(13-9)7-3-6-14-11(16)4-5-12(14)17/h4-5,8H,3,6-7H2,1-2H3. The lowest BCUT2D eigenvalue weighted by Gasteiger charge is -2.13. The molecule has 2 heterocycles. The molecule has 0 N–H and O–H groups in total. The van der Waals surface area contributed by atoms with Crippen molar-refractivity contribution < 1.29 is 9.59 Å². The van der Waals surface area contributed by atoms with Gasteiger partial charge in [0.05, 0.1) is 5.69 Å². The number of aryl methyl sites for hydroxylation is 3. The highest BCUT2D eigenvalue weighted by Crippen LogP contribution is 2.07. The lowest BCUT2D eigenvalue weighted by molar-refractivity contribution is -0.136. The number of hydrogen-bond donors (Lipinski definition) is 0. The van der Waals surface area contributed by atoms with Crippen LogP contribution in [0.25, 0.3) is 0 Å². The summed E-state index contributed by atoms with van der Waals surface area (Å²) >= 11 is 0. The monoisotopic (exact) mass is 233 g/mol. The molecule has 0 unspecified atom stereocenters. The van der Waals surface area contributed by atoms with Gasteiger partial charge in [0.25, 0.3) is 11.8 Å². The smallest absolute Gasteiger partial charge is 0.253 e. The van der Waals surface area contributed by atoms with Gasteiger partial charge in [0, 0.05) is 30.9 Å². The number of rotatable bonds is 4. The van der Waals surface area contributed by atoms with Gasteiger partial charge < -0.3 is 0 Å². The van der Waals surface area contributed by atoms with Crippen molar-refractivity contribution in [3.05, 3.63) is 29.6 Å². The molecule has 1 aromatic heterocycles. The Kier molecular flexibility index (Phi) is 3.08. The molecule has 0 atom stereocenters. The molecule has 0 radical (unpaired) electrons. The van der Waals surface area contributed by atoms with Crippen LogP contribution in [0, 0.1) is 13.8 Å². The fraction of sp³-hybridized carbons (Fsp3) is 0.417. The normalized spacial score (nSPS) is 15.1. The topological polar surface area (TPSA) is 55.2 Å². The van der Waals surface area contributed by atoms with Crippen LogP contribution in [-0.4, -0.2) is 33.0 Å². The summed E-state index contributed by atoms with van der Waals surface area (Å²) in [6.07, 6.45) is 3.35. The van der Waals surface area contributed by atoms with Crippen LogP contribution in [0.4, 0.5) is 0 Å². The predicted octanol–water partition coefficient (Wildman–Crippen LogP) is 0.815. The minimum absolute atomic E-state index is 0.219. The van der Waals surface area contributed by atoms with Crippen molar-refractivity contribution >= 4 is 11.8 Å². The van der Waals surface area contributed by atoms with Gasteiger partial charge in [0.2, 0.25) is 0 Å². The number of carbonyl (C=O) groups is 2. The van der Waals surface area contributed by atoms with Crippen LogP contribution >= 0.6 is 0 Å². The molecule has 90 valence electrons. The first kappa shape index (κ1) is 11.6. The van der Waals surface area contributed by atoms with Crippen molar-refractivity contribution in [1.82, 2.24) is 14.7 Å². The molecule has 1 aromatic rings. The predicted molar refractivity (Wildman–Crippen MR) is 62.2 cm³/mol. The zero-order chi connectivity index (χ0) is 12.4. The summed E-state index contributed by atoms with van der Waals surface area (Å²) in [5.41, 5.74) is 2.08. The number of nitrogens with zero attached hydrogens (tertiary/aromatic N) is 3. The van der Waals surface area contributed by atoms with E-state index in [9.17, 15) is 9.59 Å². The van der Waals surface area contributed by atoms with Gasteiger partial charge in [-0.25, -0.2) is 0 Å². The van der Waals surface area contributed by atoms with E-state index in [1.54, 1.807) is 0 Å². The zero-order valence-electron chi connectivity index (χ0n) is 10.0. The Hall–Kier alpha value is -1.91. The molecule has 5 nitrogen and oxygen atoms in total. The second-order valence-electron chi connectivity index (χ2n) is 4.17. The summed E-state index contributed by atoms with van der Waals surface area (Å²) in [7, 11) is 0. The summed E-state index contributed by atoms with van der Waals surface area (Å²) in [6, 6.07) is 2.01. The third kappa shape index (κ3) is 2.43. The molecule has 0 aliphatic carbocycles. The Morgan fingerprint density at radius 2 is 1.76 bits per heavy atom. The SMILES string of the molecule is Cc1cc(C)n(CCCN2C(=O)C=CC2=O)n1. The van der Waals surface area contributed by atoms with Gasteiger partial charge in [0.1, 0.15) is 0 Å². The first-order valence-electron chi connectivity index (χ1n) is 5.62. The minimum atomic E-state index is -0.219. The van der Waals surface area contributed by atoms with Crippen molar-refractivity contribution in [1.29, 1.82) is 0 Å². The van der Waals surface area contributed by atoms with E-state index in [0.717, 1.165) is 24.4 Å². The molecule has 1 aliphatic heterocycles. The lowest BCUT2D eigenvalue weighted by atomic mass is 10.3. The van der Waals surface area contributed by atoms with Crippen molar-refractivity contribution in [3.8, 4) is 0 Å². The number of imide groups is 1. The summed E-state index contributed by atoms with van der Waals surface area (Å²) in [4.78, 5) is 23.8. The molecule has 0 spiro atoms. The molecular formula is C12H15N3O2. The number of hydrogen-bond acceptors (Lipinski definition) is 3. The molecular weight excluding hydrogens is 218 g/mol. The Bertz CT molecular complexity index is 470. The van der Waals surface area contributed by atoms with E-state index in [4.69, 9.17) is 0 Å². The molecule has 2 amide bonds. The Labute approximate surface area is 99.7 Å². The molecule has 5 heteroatoms. The van der Waals surface area contributed by atoms with E-state index in [2.05, 4.69) is 5.10 Å². The van der Waals surface area contributed by atoms with Gasteiger partial charge in [0.15, 0.2) is 0 Å². The van der Waals surface area contributed by atoms with Crippen molar-refractivity contribution in [3.63, 3.8) is 0 Å².